The molecule has 0 aromatic heterocycles. The molecule has 162 valence electrons. The van der Waals surface area contributed by atoms with Gasteiger partial charge in [-0.25, -0.2) is 4.79 Å². The lowest BCUT2D eigenvalue weighted by atomic mass is 10.1. The van der Waals surface area contributed by atoms with Crippen molar-refractivity contribution < 1.29 is 19.1 Å². The van der Waals surface area contributed by atoms with Crippen LogP contribution in [0.3, 0.4) is 0 Å². The van der Waals surface area contributed by atoms with Gasteiger partial charge in [0.25, 0.3) is 5.91 Å². The molecule has 6 nitrogen and oxygen atoms in total. The van der Waals surface area contributed by atoms with Gasteiger partial charge in [-0.3, -0.25) is 4.79 Å². The molecule has 30 heavy (non-hydrogen) atoms. The van der Waals surface area contributed by atoms with Crippen LogP contribution in [-0.2, 0) is 9.53 Å². The van der Waals surface area contributed by atoms with E-state index in [2.05, 4.69) is 24.1 Å². The second-order valence-electron chi connectivity index (χ2n) is 7.26. The molecular formula is C23H29ClN2O4. The highest BCUT2D eigenvalue weighted by molar-refractivity contribution is 6.30. The first-order chi connectivity index (χ1) is 14.2. The highest BCUT2D eigenvalue weighted by atomic mass is 35.5. The topological polar surface area (TPSA) is 67.9 Å². The Morgan fingerprint density at radius 3 is 2.17 bits per heavy atom. The van der Waals surface area contributed by atoms with E-state index >= 15 is 0 Å². The molecule has 2 rings (SSSR count). The van der Waals surface area contributed by atoms with E-state index in [1.54, 1.807) is 62.4 Å². The summed E-state index contributed by atoms with van der Waals surface area (Å²) in [5.74, 6) is -0.152. The van der Waals surface area contributed by atoms with Gasteiger partial charge in [-0.05, 0) is 75.5 Å². The minimum atomic E-state index is -1.10. The van der Waals surface area contributed by atoms with Crippen LogP contribution in [0.1, 0.15) is 38.1 Å². The van der Waals surface area contributed by atoms with Crippen molar-refractivity contribution in [2.45, 2.75) is 33.3 Å². The van der Waals surface area contributed by atoms with Gasteiger partial charge in [0.15, 0.2) is 5.60 Å². The van der Waals surface area contributed by atoms with Crippen LogP contribution in [0.4, 0.5) is 5.69 Å². The van der Waals surface area contributed by atoms with E-state index in [0.29, 0.717) is 35.2 Å². The van der Waals surface area contributed by atoms with Crippen molar-refractivity contribution in [2.24, 2.45) is 0 Å². The summed E-state index contributed by atoms with van der Waals surface area (Å²) in [7, 11) is 0. The molecule has 0 aliphatic carbocycles. The SMILES string of the molecule is CCN(CC)CCOC(=O)c1ccc(NC(=O)C(C)(C)Oc2ccc(Cl)cc2)cc1. The largest absolute Gasteiger partial charge is 0.478 e. The molecule has 0 saturated carbocycles. The molecule has 0 unspecified atom stereocenters. The maximum Gasteiger partial charge on any atom is 0.338 e. The normalized spacial score (nSPS) is 11.3. The fraction of sp³-hybridized carbons (Fsp3) is 0.391. The van der Waals surface area contributed by atoms with Gasteiger partial charge in [-0.15, -0.1) is 0 Å². The van der Waals surface area contributed by atoms with Crippen LogP contribution in [0, 0.1) is 0 Å². The molecule has 0 atom stereocenters. The number of rotatable bonds is 10. The maximum absolute atomic E-state index is 12.6. The molecule has 0 radical (unpaired) electrons. The highest BCUT2D eigenvalue weighted by Crippen LogP contribution is 2.22. The van der Waals surface area contributed by atoms with Crippen molar-refractivity contribution in [3.05, 3.63) is 59.1 Å². The van der Waals surface area contributed by atoms with Crippen molar-refractivity contribution in [1.82, 2.24) is 4.90 Å². The Bertz CT molecular complexity index is 831. The van der Waals surface area contributed by atoms with Crippen LogP contribution in [0.15, 0.2) is 48.5 Å². The monoisotopic (exact) mass is 432 g/mol. The summed E-state index contributed by atoms with van der Waals surface area (Å²) in [6.07, 6.45) is 0. The summed E-state index contributed by atoms with van der Waals surface area (Å²) in [4.78, 5) is 27.0. The van der Waals surface area contributed by atoms with Gasteiger partial charge in [0.1, 0.15) is 12.4 Å². The van der Waals surface area contributed by atoms with E-state index < -0.39 is 5.60 Å². The van der Waals surface area contributed by atoms with Gasteiger partial charge in [-0.1, -0.05) is 25.4 Å². The smallest absolute Gasteiger partial charge is 0.338 e. The number of carbonyl (C=O) groups is 2. The van der Waals surface area contributed by atoms with Crippen LogP contribution < -0.4 is 10.1 Å². The van der Waals surface area contributed by atoms with Gasteiger partial charge in [-0.2, -0.15) is 0 Å². The number of benzene rings is 2. The second-order valence-corrected chi connectivity index (χ2v) is 7.70. The first-order valence-corrected chi connectivity index (χ1v) is 10.4. The number of hydrogen-bond donors (Lipinski definition) is 1. The number of nitrogens with zero attached hydrogens (tertiary/aromatic N) is 1. The summed E-state index contributed by atoms with van der Waals surface area (Å²) < 4.78 is 11.1. The molecular weight excluding hydrogens is 404 g/mol. The van der Waals surface area contributed by atoms with Crippen molar-refractivity contribution in [3.63, 3.8) is 0 Å². The molecule has 0 aliphatic heterocycles. The van der Waals surface area contributed by atoms with Crippen LogP contribution >= 0.6 is 11.6 Å². The number of ether oxygens (including phenoxy) is 2. The molecule has 2 aromatic rings. The van der Waals surface area contributed by atoms with Gasteiger partial charge >= 0.3 is 5.97 Å². The maximum atomic E-state index is 12.6. The summed E-state index contributed by atoms with van der Waals surface area (Å²) in [5, 5.41) is 3.40. The number of nitrogens with one attached hydrogen (secondary N) is 1. The number of anilines is 1. The van der Waals surface area contributed by atoms with E-state index in [9.17, 15) is 9.59 Å². The molecule has 0 saturated heterocycles. The second kappa shape index (κ2) is 11.0. The molecule has 1 amide bonds. The summed E-state index contributed by atoms with van der Waals surface area (Å²) in [6.45, 7) is 10.4. The summed E-state index contributed by atoms with van der Waals surface area (Å²) in [5.41, 5.74) is -0.104. The van der Waals surface area contributed by atoms with Gasteiger partial charge in [0.2, 0.25) is 0 Å². The quantitative estimate of drug-likeness (QED) is 0.554. The van der Waals surface area contributed by atoms with Gasteiger partial charge in [0.05, 0.1) is 5.56 Å². The van der Waals surface area contributed by atoms with E-state index in [4.69, 9.17) is 21.1 Å². The van der Waals surface area contributed by atoms with E-state index in [-0.39, 0.29) is 11.9 Å². The third-order valence-electron chi connectivity index (χ3n) is 4.65. The Morgan fingerprint density at radius 1 is 1.00 bits per heavy atom. The molecule has 2 aromatic carbocycles. The fourth-order valence-electron chi connectivity index (χ4n) is 2.71. The average Bonchev–Trinajstić information content (AvgIpc) is 2.73. The third-order valence-corrected chi connectivity index (χ3v) is 4.90. The minimum Gasteiger partial charge on any atom is -0.478 e. The lowest BCUT2D eigenvalue weighted by Gasteiger charge is -2.25. The average molecular weight is 433 g/mol. The first-order valence-electron chi connectivity index (χ1n) is 10.0. The Morgan fingerprint density at radius 2 is 1.60 bits per heavy atom. The number of amides is 1. The fourth-order valence-corrected chi connectivity index (χ4v) is 2.83. The number of likely N-dealkylation sites (N-methyl/N-ethyl adjacent to an activating group) is 1. The van der Waals surface area contributed by atoms with Crippen LogP contribution in [0.5, 0.6) is 5.75 Å². The van der Waals surface area contributed by atoms with E-state index in [0.717, 1.165) is 13.1 Å². The number of hydrogen-bond acceptors (Lipinski definition) is 5. The highest BCUT2D eigenvalue weighted by Gasteiger charge is 2.30. The first kappa shape index (κ1) is 23.7. The summed E-state index contributed by atoms with van der Waals surface area (Å²) in [6, 6.07) is 13.4. The number of esters is 1. The van der Waals surface area contributed by atoms with Gasteiger partial charge in [0, 0.05) is 17.3 Å². The van der Waals surface area contributed by atoms with E-state index in [1.807, 2.05) is 0 Å². The Balaban J connectivity index is 1.90. The summed E-state index contributed by atoms with van der Waals surface area (Å²) >= 11 is 5.87. The predicted molar refractivity (Wildman–Crippen MR) is 119 cm³/mol. The molecule has 1 N–H and O–H groups in total. The molecule has 0 heterocycles. The van der Waals surface area contributed by atoms with Crippen molar-refractivity contribution in [2.75, 3.05) is 31.6 Å². The Hall–Kier alpha value is -2.57. The number of halogens is 1. The molecule has 0 fully saturated rings. The van der Waals surface area contributed by atoms with Crippen LogP contribution in [0.25, 0.3) is 0 Å². The van der Waals surface area contributed by atoms with E-state index in [1.165, 1.54) is 0 Å². The minimum absolute atomic E-state index is 0.313. The lowest BCUT2D eigenvalue weighted by molar-refractivity contribution is -0.128. The standard InChI is InChI=1S/C23H29ClN2O4/c1-5-26(6-2)15-16-29-21(27)17-7-11-19(12-8-17)25-22(28)23(3,4)30-20-13-9-18(24)10-14-20/h7-14H,5-6,15-16H2,1-4H3,(H,25,28). The molecule has 7 heteroatoms. The number of carbonyl (C=O) groups excluding carboxylic acids is 2. The Labute approximate surface area is 183 Å². The van der Waals surface area contributed by atoms with Crippen molar-refractivity contribution >= 4 is 29.2 Å². The van der Waals surface area contributed by atoms with Crippen molar-refractivity contribution in [1.29, 1.82) is 0 Å². The molecule has 0 aliphatic rings. The zero-order valence-electron chi connectivity index (χ0n) is 17.9. The zero-order valence-corrected chi connectivity index (χ0v) is 18.7. The van der Waals surface area contributed by atoms with Crippen LogP contribution in [-0.4, -0.2) is 48.6 Å². The zero-order chi connectivity index (χ0) is 22.1. The molecule has 0 bridgehead atoms. The van der Waals surface area contributed by atoms with Gasteiger partial charge < -0.3 is 19.7 Å². The third kappa shape index (κ3) is 7.04. The Kier molecular flexibility index (Phi) is 8.69. The lowest BCUT2D eigenvalue weighted by Crippen LogP contribution is -2.42. The van der Waals surface area contributed by atoms with Crippen LogP contribution in [0.2, 0.25) is 5.02 Å². The van der Waals surface area contributed by atoms with Crippen molar-refractivity contribution in [3.8, 4) is 5.75 Å². The molecule has 0 spiro atoms. The predicted octanol–water partition coefficient (Wildman–Crippen LogP) is 4.63.